The van der Waals surface area contributed by atoms with Crippen molar-refractivity contribution in [3.8, 4) is 34.1 Å². The summed E-state index contributed by atoms with van der Waals surface area (Å²) < 4.78 is 22.2. The molecule has 186 valence electrons. The topological polar surface area (TPSA) is 65.1 Å². The number of hydrogen-bond acceptors (Lipinski definition) is 7. The Bertz CT molecular complexity index is 1070. The highest BCUT2D eigenvalue weighted by Crippen LogP contribution is 2.41. The molecule has 1 aromatic heterocycles. The first-order valence-corrected chi connectivity index (χ1v) is 12.1. The highest BCUT2D eigenvalue weighted by molar-refractivity contribution is 5.71. The first-order chi connectivity index (χ1) is 17.2. The maximum absolute atomic E-state index is 5.66. The minimum atomic E-state index is 0.457. The average molecular weight is 478 g/mol. The molecule has 0 unspecified atom stereocenters. The van der Waals surface area contributed by atoms with Gasteiger partial charge in [-0.15, -0.1) is 0 Å². The summed E-state index contributed by atoms with van der Waals surface area (Å²) in [5.74, 6) is 2.72. The lowest BCUT2D eigenvalue weighted by Gasteiger charge is -2.36. The molecule has 1 aliphatic heterocycles. The van der Waals surface area contributed by atoms with Gasteiger partial charge >= 0.3 is 0 Å². The molecule has 1 fully saturated rings. The predicted molar refractivity (Wildman–Crippen MR) is 139 cm³/mol. The Labute approximate surface area is 208 Å². The summed E-state index contributed by atoms with van der Waals surface area (Å²) in [5.41, 5.74) is 4.30. The van der Waals surface area contributed by atoms with Crippen molar-refractivity contribution in [2.24, 2.45) is 0 Å². The number of aromatic nitrogens is 1. The Kier molecular flexibility index (Phi) is 8.32. The van der Waals surface area contributed by atoms with Crippen LogP contribution in [0.1, 0.15) is 25.3 Å². The quantitative estimate of drug-likeness (QED) is 0.444. The smallest absolute Gasteiger partial charge is 0.203 e. The van der Waals surface area contributed by atoms with E-state index in [1.807, 2.05) is 31.5 Å². The van der Waals surface area contributed by atoms with Crippen molar-refractivity contribution >= 4 is 5.69 Å². The zero-order valence-electron chi connectivity index (χ0n) is 21.0. The molecule has 0 spiro atoms. The molecule has 0 saturated carbocycles. The fraction of sp³-hybridized carbons (Fsp3) is 0.393. The molecule has 4 rings (SSSR count). The van der Waals surface area contributed by atoms with E-state index in [2.05, 4.69) is 45.5 Å². The molecule has 3 aromatic rings. The summed E-state index contributed by atoms with van der Waals surface area (Å²) >= 11 is 0. The minimum absolute atomic E-state index is 0.457. The van der Waals surface area contributed by atoms with E-state index in [0.717, 1.165) is 54.9 Å². The Morgan fingerprint density at radius 2 is 1.57 bits per heavy atom. The standard InChI is InChI=1S/C28H35N3O4/c1-5-35-25-8-6-23(7-9-25)31(24-10-12-29-13-11-24)19-20-14-22(18-30-17-20)21-15-26(32-2)28(34-4)27(16-21)33-3/h6-9,14-18,24,29H,5,10-13,19H2,1-4H3. The number of pyridine rings is 1. The van der Waals surface area contributed by atoms with Crippen LogP contribution in [0.4, 0.5) is 5.69 Å². The molecule has 2 heterocycles. The molecular formula is C28H35N3O4. The molecule has 7 nitrogen and oxygen atoms in total. The predicted octanol–water partition coefficient (Wildman–Crippen LogP) is 4.93. The van der Waals surface area contributed by atoms with Gasteiger partial charge in [0.05, 0.1) is 27.9 Å². The zero-order chi connectivity index (χ0) is 24.6. The van der Waals surface area contributed by atoms with E-state index in [1.54, 1.807) is 21.3 Å². The lowest BCUT2D eigenvalue weighted by atomic mass is 10.0. The van der Waals surface area contributed by atoms with Crippen LogP contribution in [0.5, 0.6) is 23.0 Å². The SMILES string of the molecule is CCOc1ccc(N(Cc2cncc(-c3cc(OC)c(OC)c(OC)c3)c2)C2CCNCC2)cc1. The summed E-state index contributed by atoms with van der Waals surface area (Å²) in [4.78, 5) is 7.07. The molecule has 35 heavy (non-hydrogen) atoms. The van der Waals surface area contributed by atoms with E-state index in [0.29, 0.717) is 29.9 Å². The summed E-state index contributed by atoms with van der Waals surface area (Å²) in [5, 5.41) is 3.48. The molecule has 7 heteroatoms. The van der Waals surface area contributed by atoms with Crippen molar-refractivity contribution in [1.82, 2.24) is 10.3 Å². The van der Waals surface area contributed by atoms with E-state index in [-0.39, 0.29) is 0 Å². The van der Waals surface area contributed by atoms with Gasteiger partial charge in [-0.3, -0.25) is 4.98 Å². The first kappa shape index (κ1) is 24.7. The van der Waals surface area contributed by atoms with Gasteiger partial charge in [0, 0.05) is 36.2 Å². The van der Waals surface area contributed by atoms with Crippen molar-refractivity contribution in [3.05, 3.63) is 60.4 Å². The van der Waals surface area contributed by atoms with Gasteiger partial charge in [-0.2, -0.15) is 0 Å². The maximum atomic E-state index is 5.66. The van der Waals surface area contributed by atoms with Gasteiger partial charge in [-0.1, -0.05) is 0 Å². The fourth-order valence-corrected chi connectivity index (χ4v) is 4.63. The summed E-state index contributed by atoms with van der Waals surface area (Å²) in [6.45, 7) is 5.49. The van der Waals surface area contributed by atoms with Crippen LogP contribution in [0.25, 0.3) is 11.1 Å². The van der Waals surface area contributed by atoms with Crippen LogP contribution in [-0.4, -0.2) is 52.1 Å². The second-order valence-electron chi connectivity index (χ2n) is 8.53. The number of methoxy groups -OCH3 is 3. The largest absolute Gasteiger partial charge is 0.494 e. The highest BCUT2D eigenvalue weighted by Gasteiger charge is 2.22. The molecule has 0 bridgehead atoms. The van der Waals surface area contributed by atoms with Crippen LogP contribution < -0.4 is 29.2 Å². The van der Waals surface area contributed by atoms with E-state index in [1.165, 1.54) is 5.69 Å². The minimum Gasteiger partial charge on any atom is -0.494 e. The molecule has 0 radical (unpaired) electrons. The van der Waals surface area contributed by atoms with Gasteiger partial charge in [-0.25, -0.2) is 0 Å². The van der Waals surface area contributed by atoms with Crippen molar-refractivity contribution < 1.29 is 18.9 Å². The lowest BCUT2D eigenvalue weighted by Crippen LogP contribution is -2.43. The van der Waals surface area contributed by atoms with E-state index >= 15 is 0 Å². The van der Waals surface area contributed by atoms with E-state index in [9.17, 15) is 0 Å². The number of nitrogens with one attached hydrogen (secondary N) is 1. The Balaban J connectivity index is 1.65. The van der Waals surface area contributed by atoms with Crippen LogP contribution in [0.15, 0.2) is 54.9 Å². The average Bonchev–Trinajstić information content (AvgIpc) is 2.92. The zero-order valence-corrected chi connectivity index (χ0v) is 21.0. The van der Waals surface area contributed by atoms with Gasteiger partial charge in [0.25, 0.3) is 0 Å². The van der Waals surface area contributed by atoms with Gasteiger partial charge in [0.15, 0.2) is 11.5 Å². The summed E-state index contributed by atoms with van der Waals surface area (Å²) in [6.07, 6.45) is 6.03. The molecular weight excluding hydrogens is 442 g/mol. The molecule has 1 saturated heterocycles. The highest BCUT2D eigenvalue weighted by atomic mass is 16.5. The number of benzene rings is 2. The third-order valence-corrected chi connectivity index (χ3v) is 6.37. The van der Waals surface area contributed by atoms with Gasteiger partial charge in [0.1, 0.15) is 5.75 Å². The molecule has 1 aliphatic rings. The number of nitrogens with zero attached hydrogens (tertiary/aromatic N) is 2. The monoisotopic (exact) mass is 477 g/mol. The van der Waals surface area contributed by atoms with Gasteiger partial charge < -0.3 is 29.2 Å². The van der Waals surface area contributed by atoms with Crippen molar-refractivity contribution in [2.45, 2.75) is 32.4 Å². The number of piperidine rings is 1. The normalized spacial score (nSPS) is 13.8. The number of ether oxygens (including phenoxy) is 4. The van der Waals surface area contributed by atoms with E-state index in [4.69, 9.17) is 18.9 Å². The summed E-state index contributed by atoms with van der Waals surface area (Å²) in [6, 6.07) is 15.0. The lowest BCUT2D eigenvalue weighted by molar-refractivity contribution is 0.324. The Morgan fingerprint density at radius 1 is 0.886 bits per heavy atom. The van der Waals surface area contributed by atoms with Crippen LogP contribution in [-0.2, 0) is 6.54 Å². The fourth-order valence-electron chi connectivity index (χ4n) is 4.63. The molecule has 1 N–H and O–H groups in total. The molecule has 0 amide bonds. The second-order valence-corrected chi connectivity index (χ2v) is 8.53. The molecule has 0 aliphatic carbocycles. The molecule has 0 atom stereocenters. The maximum Gasteiger partial charge on any atom is 0.203 e. The van der Waals surface area contributed by atoms with Crippen molar-refractivity contribution in [3.63, 3.8) is 0 Å². The van der Waals surface area contributed by atoms with Crippen LogP contribution in [0.2, 0.25) is 0 Å². The second kappa shape index (κ2) is 11.8. The van der Waals surface area contributed by atoms with Crippen molar-refractivity contribution in [2.75, 3.05) is 45.9 Å². The van der Waals surface area contributed by atoms with E-state index < -0.39 is 0 Å². The Hall–Kier alpha value is -3.45. The molecule has 2 aromatic carbocycles. The third kappa shape index (κ3) is 5.80. The summed E-state index contributed by atoms with van der Waals surface area (Å²) in [7, 11) is 4.87. The van der Waals surface area contributed by atoms with Crippen LogP contribution in [0, 0.1) is 0 Å². The first-order valence-electron chi connectivity index (χ1n) is 12.1. The van der Waals surface area contributed by atoms with Gasteiger partial charge in [0.2, 0.25) is 5.75 Å². The third-order valence-electron chi connectivity index (χ3n) is 6.37. The number of anilines is 1. The van der Waals surface area contributed by atoms with Crippen LogP contribution in [0.3, 0.4) is 0 Å². The number of rotatable bonds is 10. The van der Waals surface area contributed by atoms with Crippen LogP contribution >= 0.6 is 0 Å². The van der Waals surface area contributed by atoms with Gasteiger partial charge in [-0.05, 0) is 86.4 Å². The number of hydrogen-bond donors (Lipinski definition) is 1. The Morgan fingerprint density at radius 3 is 2.17 bits per heavy atom. The van der Waals surface area contributed by atoms with Crippen molar-refractivity contribution in [1.29, 1.82) is 0 Å².